The second-order valence-electron chi connectivity index (χ2n) is 5.48. The largest absolute Gasteiger partial charge is 0.396 e. The van der Waals surface area contributed by atoms with Crippen LogP contribution in [0.25, 0.3) is 0 Å². The number of aliphatic hydroxyl groups excluding tert-OH is 1. The molecule has 1 N–H and O–H groups in total. The fourth-order valence-electron chi connectivity index (χ4n) is 3.03. The van der Waals surface area contributed by atoms with E-state index in [1.807, 2.05) is 0 Å². The molecule has 0 spiro atoms. The monoisotopic (exact) mass is 211 g/mol. The Morgan fingerprint density at radius 3 is 2.07 bits per heavy atom. The molecule has 2 heteroatoms. The number of aliphatic hydroxyl groups is 1. The van der Waals surface area contributed by atoms with E-state index in [9.17, 15) is 0 Å². The highest BCUT2D eigenvalue weighted by Gasteiger charge is 2.27. The van der Waals surface area contributed by atoms with Gasteiger partial charge in [0, 0.05) is 32.2 Å². The van der Waals surface area contributed by atoms with Gasteiger partial charge >= 0.3 is 0 Å². The maximum absolute atomic E-state index is 8.97. The van der Waals surface area contributed by atoms with Crippen LogP contribution in [0.2, 0.25) is 0 Å². The van der Waals surface area contributed by atoms with Gasteiger partial charge in [-0.25, -0.2) is 0 Å². The summed E-state index contributed by atoms with van der Waals surface area (Å²) in [5.74, 6) is 1.53. The van der Waals surface area contributed by atoms with Crippen molar-refractivity contribution in [3.63, 3.8) is 0 Å². The quantitative estimate of drug-likeness (QED) is 0.774. The Hall–Kier alpha value is -0.0800. The molecule has 0 radical (unpaired) electrons. The van der Waals surface area contributed by atoms with Gasteiger partial charge in [0.15, 0.2) is 0 Å². The normalized spacial score (nSPS) is 27.0. The molecule has 0 amide bonds. The molecule has 1 aliphatic carbocycles. The zero-order valence-corrected chi connectivity index (χ0v) is 9.83. The predicted molar refractivity (Wildman–Crippen MR) is 62.8 cm³/mol. The van der Waals surface area contributed by atoms with Gasteiger partial charge in [0.05, 0.1) is 0 Å². The van der Waals surface area contributed by atoms with E-state index < -0.39 is 0 Å². The summed E-state index contributed by atoms with van der Waals surface area (Å²) in [4.78, 5) is 2.53. The molecule has 0 atom stereocenters. The third-order valence-electron chi connectivity index (χ3n) is 4.03. The van der Waals surface area contributed by atoms with Gasteiger partial charge in [-0.1, -0.05) is 32.1 Å². The molecule has 0 unspecified atom stereocenters. The Bertz CT molecular complexity index is 169. The van der Waals surface area contributed by atoms with Crippen LogP contribution in [0.5, 0.6) is 0 Å². The fraction of sp³-hybridized carbons (Fsp3) is 1.00. The first-order chi connectivity index (χ1) is 7.38. The summed E-state index contributed by atoms with van der Waals surface area (Å²) >= 11 is 0. The fourth-order valence-corrected chi connectivity index (χ4v) is 3.03. The van der Waals surface area contributed by atoms with Crippen LogP contribution in [0.4, 0.5) is 0 Å². The van der Waals surface area contributed by atoms with Gasteiger partial charge < -0.3 is 10.0 Å². The van der Waals surface area contributed by atoms with Crippen LogP contribution in [0, 0.1) is 11.8 Å². The number of hydrogen-bond donors (Lipinski definition) is 1. The van der Waals surface area contributed by atoms with Gasteiger partial charge in [-0.15, -0.1) is 0 Å². The predicted octanol–water partition coefficient (Wildman–Crippen LogP) is 2.27. The van der Waals surface area contributed by atoms with Crippen molar-refractivity contribution in [1.82, 2.24) is 4.90 Å². The van der Waals surface area contributed by atoms with Gasteiger partial charge in [-0.2, -0.15) is 0 Å². The third kappa shape index (κ3) is 3.46. The second kappa shape index (κ2) is 5.86. The number of likely N-dealkylation sites (tertiary alicyclic amines) is 1. The summed E-state index contributed by atoms with van der Waals surface area (Å²) in [7, 11) is 0. The average Bonchev–Trinajstić information content (AvgIpc) is 2.13. The van der Waals surface area contributed by atoms with Crippen LogP contribution >= 0.6 is 0 Å². The highest BCUT2D eigenvalue weighted by atomic mass is 16.3. The van der Waals surface area contributed by atoms with E-state index in [2.05, 4.69) is 4.90 Å². The van der Waals surface area contributed by atoms with Crippen molar-refractivity contribution in [1.29, 1.82) is 0 Å². The molecule has 1 saturated heterocycles. The molecule has 0 bridgehead atoms. The molecule has 2 nitrogen and oxygen atoms in total. The van der Waals surface area contributed by atoms with Crippen molar-refractivity contribution < 1.29 is 5.11 Å². The van der Waals surface area contributed by atoms with Gasteiger partial charge in [-0.05, 0) is 18.8 Å². The minimum absolute atomic E-state index is 0.390. The molecule has 0 aromatic rings. The molecule has 1 aliphatic heterocycles. The van der Waals surface area contributed by atoms with Crippen molar-refractivity contribution in [2.24, 2.45) is 11.8 Å². The average molecular weight is 211 g/mol. The van der Waals surface area contributed by atoms with Gasteiger partial charge in [0.2, 0.25) is 0 Å². The van der Waals surface area contributed by atoms with Crippen molar-refractivity contribution in [3.05, 3.63) is 0 Å². The summed E-state index contributed by atoms with van der Waals surface area (Å²) in [5.41, 5.74) is 0. The molecular weight excluding hydrogens is 186 g/mol. The molecule has 2 fully saturated rings. The highest BCUT2D eigenvalue weighted by Crippen LogP contribution is 2.25. The first-order valence-electron chi connectivity index (χ1n) is 6.71. The van der Waals surface area contributed by atoms with Crippen LogP contribution in [-0.4, -0.2) is 36.2 Å². The number of hydrogen-bond acceptors (Lipinski definition) is 2. The highest BCUT2D eigenvalue weighted by molar-refractivity contribution is 4.81. The first kappa shape index (κ1) is 11.4. The van der Waals surface area contributed by atoms with Crippen LogP contribution in [-0.2, 0) is 0 Å². The molecule has 1 heterocycles. The van der Waals surface area contributed by atoms with Crippen molar-refractivity contribution in [3.8, 4) is 0 Å². The summed E-state index contributed by atoms with van der Waals surface area (Å²) < 4.78 is 0. The van der Waals surface area contributed by atoms with E-state index >= 15 is 0 Å². The van der Waals surface area contributed by atoms with Crippen LogP contribution in [0.3, 0.4) is 0 Å². The van der Waals surface area contributed by atoms with Crippen molar-refractivity contribution in [2.75, 3.05) is 26.2 Å². The van der Waals surface area contributed by atoms with Crippen LogP contribution in [0.1, 0.15) is 44.9 Å². The lowest BCUT2D eigenvalue weighted by Crippen LogP contribution is -2.50. The SMILES string of the molecule is OCC1CN(CC2CCCCCCC2)C1. The molecule has 2 rings (SSSR count). The summed E-state index contributed by atoms with van der Waals surface area (Å²) in [5, 5.41) is 8.97. The van der Waals surface area contributed by atoms with Gasteiger partial charge in [-0.3, -0.25) is 0 Å². The van der Waals surface area contributed by atoms with E-state index in [1.54, 1.807) is 0 Å². The molecular formula is C13H25NO. The first-order valence-corrected chi connectivity index (χ1v) is 6.71. The molecule has 15 heavy (non-hydrogen) atoms. The zero-order chi connectivity index (χ0) is 10.5. The van der Waals surface area contributed by atoms with E-state index in [1.165, 1.54) is 51.5 Å². The maximum Gasteiger partial charge on any atom is 0.0483 e. The Morgan fingerprint density at radius 2 is 1.47 bits per heavy atom. The third-order valence-corrected chi connectivity index (χ3v) is 4.03. The van der Waals surface area contributed by atoms with E-state index in [0.717, 1.165) is 19.0 Å². The Kier molecular flexibility index (Phi) is 4.45. The van der Waals surface area contributed by atoms with Gasteiger partial charge in [0.25, 0.3) is 0 Å². The Morgan fingerprint density at radius 1 is 0.867 bits per heavy atom. The number of rotatable bonds is 3. The lowest BCUT2D eigenvalue weighted by molar-refractivity contribution is 0.0382. The smallest absolute Gasteiger partial charge is 0.0483 e. The molecule has 1 saturated carbocycles. The lowest BCUT2D eigenvalue weighted by Gasteiger charge is -2.40. The van der Waals surface area contributed by atoms with Crippen molar-refractivity contribution >= 4 is 0 Å². The lowest BCUT2D eigenvalue weighted by atomic mass is 9.89. The van der Waals surface area contributed by atoms with Crippen LogP contribution in [0.15, 0.2) is 0 Å². The van der Waals surface area contributed by atoms with E-state index in [0.29, 0.717) is 12.5 Å². The summed E-state index contributed by atoms with van der Waals surface area (Å²) in [6.07, 6.45) is 10.2. The Balaban J connectivity index is 1.64. The van der Waals surface area contributed by atoms with E-state index in [-0.39, 0.29) is 0 Å². The topological polar surface area (TPSA) is 23.5 Å². The Labute approximate surface area is 93.7 Å². The van der Waals surface area contributed by atoms with Crippen LogP contribution < -0.4 is 0 Å². The minimum atomic E-state index is 0.390. The maximum atomic E-state index is 8.97. The summed E-state index contributed by atoms with van der Waals surface area (Å²) in [6.45, 7) is 3.98. The molecule has 0 aromatic carbocycles. The molecule has 2 aliphatic rings. The molecule has 88 valence electrons. The zero-order valence-electron chi connectivity index (χ0n) is 9.83. The minimum Gasteiger partial charge on any atom is -0.396 e. The second-order valence-corrected chi connectivity index (χ2v) is 5.48. The van der Waals surface area contributed by atoms with Crippen molar-refractivity contribution in [2.45, 2.75) is 44.9 Å². The number of nitrogens with zero attached hydrogens (tertiary/aromatic N) is 1. The molecule has 0 aromatic heterocycles. The standard InChI is InChI=1S/C13H25NO/c15-11-13-9-14(10-13)8-12-6-4-2-1-3-5-7-12/h12-13,15H,1-11H2. The van der Waals surface area contributed by atoms with E-state index in [4.69, 9.17) is 5.11 Å². The van der Waals surface area contributed by atoms with Gasteiger partial charge in [0.1, 0.15) is 0 Å². The summed E-state index contributed by atoms with van der Waals surface area (Å²) in [6, 6.07) is 0.